The largest absolute Gasteiger partial charge is 0.507 e. The minimum atomic E-state index is -0.793. The van der Waals surface area contributed by atoms with Crippen molar-refractivity contribution in [1.29, 1.82) is 0 Å². The van der Waals surface area contributed by atoms with Gasteiger partial charge in [0.2, 0.25) is 0 Å². The van der Waals surface area contributed by atoms with Gasteiger partial charge in [-0.3, -0.25) is 14.5 Å². The molecular weight excluding hydrogens is 436 g/mol. The van der Waals surface area contributed by atoms with Crippen molar-refractivity contribution in [3.05, 3.63) is 95.6 Å². The van der Waals surface area contributed by atoms with Crippen molar-refractivity contribution in [2.24, 2.45) is 0 Å². The van der Waals surface area contributed by atoms with Gasteiger partial charge in [-0.1, -0.05) is 72.0 Å². The molecule has 1 amide bonds. The molecule has 0 radical (unpaired) electrons. The summed E-state index contributed by atoms with van der Waals surface area (Å²) >= 11 is 1.31. The molecule has 1 atom stereocenters. The Bertz CT molecular complexity index is 1380. The molecule has 7 heteroatoms. The predicted octanol–water partition coefficient (Wildman–Crippen LogP) is 5.32. The van der Waals surface area contributed by atoms with Gasteiger partial charge in [-0.15, -0.1) is 0 Å². The number of amides is 1. The Hall–Kier alpha value is -3.97. The summed E-state index contributed by atoms with van der Waals surface area (Å²) in [6.45, 7) is 2.45. The third-order valence-corrected chi connectivity index (χ3v) is 6.49. The van der Waals surface area contributed by atoms with E-state index in [0.29, 0.717) is 34.1 Å². The molecule has 33 heavy (non-hydrogen) atoms. The summed E-state index contributed by atoms with van der Waals surface area (Å²) in [5.74, 6) is -0.944. The first-order chi connectivity index (χ1) is 16.1. The summed E-state index contributed by atoms with van der Waals surface area (Å²) in [5, 5.41) is 11.5. The van der Waals surface area contributed by atoms with Gasteiger partial charge < -0.3 is 9.84 Å². The molecule has 5 rings (SSSR count). The van der Waals surface area contributed by atoms with Crippen LogP contribution in [0.25, 0.3) is 16.0 Å². The fourth-order valence-corrected chi connectivity index (χ4v) is 5.01. The van der Waals surface area contributed by atoms with Crippen molar-refractivity contribution in [2.45, 2.75) is 13.0 Å². The van der Waals surface area contributed by atoms with E-state index in [-0.39, 0.29) is 11.3 Å². The van der Waals surface area contributed by atoms with Crippen molar-refractivity contribution >= 4 is 44.1 Å². The van der Waals surface area contributed by atoms with Crippen molar-refractivity contribution in [3.63, 3.8) is 0 Å². The number of aliphatic hydroxyl groups excluding tert-OH is 1. The third kappa shape index (κ3) is 3.66. The molecule has 1 aromatic heterocycles. The van der Waals surface area contributed by atoms with Crippen LogP contribution in [-0.2, 0) is 9.59 Å². The maximum atomic E-state index is 13.3. The number of carbonyl (C=O) groups is 2. The number of nitrogens with zero attached hydrogens (tertiary/aromatic N) is 2. The van der Waals surface area contributed by atoms with Crippen LogP contribution in [0.5, 0.6) is 5.75 Å². The van der Waals surface area contributed by atoms with Gasteiger partial charge in [0.15, 0.2) is 5.13 Å². The van der Waals surface area contributed by atoms with Crippen LogP contribution in [0.4, 0.5) is 5.13 Å². The highest BCUT2D eigenvalue weighted by atomic mass is 32.1. The van der Waals surface area contributed by atoms with E-state index < -0.39 is 17.7 Å². The molecule has 6 nitrogen and oxygen atoms in total. The van der Waals surface area contributed by atoms with Crippen molar-refractivity contribution in [1.82, 2.24) is 4.98 Å². The van der Waals surface area contributed by atoms with Gasteiger partial charge in [0, 0.05) is 5.56 Å². The number of carbonyl (C=O) groups excluding carboxylic acids is 2. The first kappa shape index (κ1) is 20.9. The highest BCUT2D eigenvalue weighted by molar-refractivity contribution is 7.22. The first-order valence-corrected chi connectivity index (χ1v) is 11.3. The number of fused-ring (bicyclic) bond motifs is 1. The van der Waals surface area contributed by atoms with Crippen molar-refractivity contribution < 1.29 is 19.4 Å². The average Bonchev–Trinajstić information content (AvgIpc) is 3.38. The number of hydrogen-bond donors (Lipinski definition) is 1. The lowest BCUT2D eigenvalue weighted by Crippen LogP contribution is -2.29. The summed E-state index contributed by atoms with van der Waals surface area (Å²) in [7, 11) is 0. The van der Waals surface area contributed by atoms with Crippen LogP contribution in [-0.4, -0.2) is 28.4 Å². The number of hydrogen-bond acceptors (Lipinski definition) is 6. The molecule has 0 unspecified atom stereocenters. The molecule has 1 saturated heterocycles. The number of thiazole rings is 1. The van der Waals surface area contributed by atoms with Gasteiger partial charge in [0.05, 0.1) is 28.4 Å². The van der Waals surface area contributed by atoms with Crippen LogP contribution in [0.3, 0.4) is 0 Å². The minimum absolute atomic E-state index is 0.0478. The average molecular weight is 457 g/mol. The van der Waals surface area contributed by atoms with E-state index in [1.165, 1.54) is 16.2 Å². The molecule has 1 N–H and O–H groups in total. The summed E-state index contributed by atoms with van der Waals surface area (Å²) in [5.41, 5.74) is 1.94. The van der Waals surface area contributed by atoms with E-state index >= 15 is 0 Å². The Kier molecular flexibility index (Phi) is 5.40. The quantitative estimate of drug-likeness (QED) is 0.250. The summed E-state index contributed by atoms with van der Waals surface area (Å²) in [4.78, 5) is 32.5. The molecule has 1 aliphatic heterocycles. The molecule has 0 saturated carbocycles. The second kappa shape index (κ2) is 8.52. The molecule has 2 heterocycles. The van der Waals surface area contributed by atoms with Crippen LogP contribution in [0.2, 0.25) is 0 Å². The number of aromatic nitrogens is 1. The standard InChI is InChI=1S/C26H20N2O4S/c1-2-32-18-13-14-19-20(15-18)33-26(27-19)28-22(16-9-5-3-6-10-16)21(24(30)25(28)31)23(29)17-11-7-4-8-12-17/h3-15,22,29H,2H2,1H3/t22-/m0/s1. The van der Waals surface area contributed by atoms with Gasteiger partial charge in [-0.25, -0.2) is 4.98 Å². The second-order valence-corrected chi connectivity index (χ2v) is 8.51. The lowest BCUT2D eigenvalue weighted by molar-refractivity contribution is -0.132. The summed E-state index contributed by atoms with van der Waals surface area (Å²) in [6.07, 6.45) is 0. The SMILES string of the molecule is CCOc1ccc2nc(N3C(=O)C(=O)C(=C(O)c4ccccc4)[C@@H]3c3ccccc3)sc2c1. The molecule has 1 aliphatic rings. The van der Waals surface area contributed by atoms with Crippen LogP contribution >= 0.6 is 11.3 Å². The Morgan fingerprint density at radius 3 is 2.42 bits per heavy atom. The lowest BCUT2D eigenvalue weighted by atomic mass is 9.95. The maximum absolute atomic E-state index is 13.3. The molecule has 0 spiro atoms. The van der Waals surface area contributed by atoms with E-state index in [4.69, 9.17) is 4.74 Å². The predicted molar refractivity (Wildman–Crippen MR) is 128 cm³/mol. The van der Waals surface area contributed by atoms with E-state index in [1.54, 1.807) is 24.3 Å². The normalized spacial score (nSPS) is 17.6. The van der Waals surface area contributed by atoms with E-state index in [0.717, 1.165) is 4.70 Å². The highest BCUT2D eigenvalue weighted by Crippen LogP contribution is 2.44. The number of rotatable bonds is 5. The molecule has 4 aromatic rings. The number of aliphatic hydroxyl groups is 1. The fraction of sp³-hybridized carbons (Fsp3) is 0.115. The lowest BCUT2D eigenvalue weighted by Gasteiger charge is -2.22. The van der Waals surface area contributed by atoms with E-state index in [9.17, 15) is 14.7 Å². The Balaban J connectivity index is 1.69. The smallest absolute Gasteiger partial charge is 0.301 e. The molecule has 1 fully saturated rings. The van der Waals surface area contributed by atoms with Crippen LogP contribution in [0.15, 0.2) is 84.4 Å². The maximum Gasteiger partial charge on any atom is 0.301 e. The number of ketones is 1. The zero-order valence-corrected chi connectivity index (χ0v) is 18.6. The van der Waals surface area contributed by atoms with Gasteiger partial charge in [-0.2, -0.15) is 0 Å². The highest BCUT2D eigenvalue weighted by Gasteiger charge is 2.48. The second-order valence-electron chi connectivity index (χ2n) is 7.50. The number of benzene rings is 3. The monoisotopic (exact) mass is 456 g/mol. The van der Waals surface area contributed by atoms with Crippen molar-refractivity contribution in [2.75, 3.05) is 11.5 Å². The van der Waals surface area contributed by atoms with Crippen LogP contribution in [0.1, 0.15) is 24.1 Å². The number of Topliss-reactive ketones (excluding diaryl/α,β-unsaturated/α-hetero) is 1. The molecular formula is C26H20N2O4S. The van der Waals surface area contributed by atoms with Crippen molar-refractivity contribution in [3.8, 4) is 5.75 Å². The first-order valence-electron chi connectivity index (χ1n) is 10.5. The zero-order valence-electron chi connectivity index (χ0n) is 17.8. The van der Waals surface area contributed by atoms with Gasteiger partial charge in [-0.05, 0) is 30.7 Å². The molecule has 3 aromatic carbocycles. The Labute approximate surface area is 194 Å². The summed E-state index contributed by atoms with van der Waals surface area (Å²) in [6, 6.07) is 22.7. The summed E-state index contributed by atoms with van der Waals surface area (Å²) < 4.78 is 6.42. The van der Waals surface area contributed by atoms with E-state index in [2.05, 4.69) is 4.98 Å². The molecule has 164 valence electrons. The van der Waals surface area contributed by atoms with Gasteiger partial charge in [0.1, 0.15) is 11.5 Å². The fourth-order valence-electron chi connectivity index (χ4n) is 3.98. The Morgan fingerprint density at radius 2 is 1.73 bits per heavy atom. The third-order valence-electron chi connectivity index (χ3n) is 5.47. The van der Waals surface area contributed by atoms with Gasteiger partial charge in [0.25, 0.3) is 5.78 Å². The topological polar surface area (TPSA) is 79.7 Å². The number of ether oxygens (including phenoxy) is 1. The molecule has 0 aliphatic carbocycles. The Morgan fingerprint density at radius 1 is 1.03 bits per heavy atom. The van der Waals surface area contributed by atoms with E-state index in [1.807, 2.05) is 61.5 Å². The molecule has 0 bridgehead atoms. The van der Waals surface area contributed by atoms with Gasteiger partial charge >= 0.3 is 5.91 Å². The zero-order chi connectivity index (χ0) is 22.9. The minimum Gasteiger partial charge on any atom is -0.507 e. The number of anilines is 1. The van der Waals surface area contributed by atoms with Crippen LogP contribution < -0.4 is 9.64 Å². The van der Waals surface area contributed by atoms with Crippen LogP contribution in [0, 0.1) is 0 Å².